The predicted molar refractivity (Wildman–Crippen MR) is 45.8 cm³/mol. The summed E-state index contributed by atoms with van der Waals surface area (Å²) in [5.74, 6) is -5.40. The van der Waals surface area contributed by atoms with E-state index in [0.717, 1.165) is 7.05 Å². The topological polar surface area (TPSA) is 64.4 Å². The number of aryl methyl sites for hydroxylation is 1. The number of nitrogens with zero attached hydrogens (tertiary/aromatic N) is 3. The molecule has 1 N–H and O–H groups in total. The third-order valence-electron chi connectivity index (χ3n) is 1.80. The van der Waals surface area contributed by atoms with Crippen molar-refractivity contribution in [1.29, 1.82) is 0 Å². The summed E-state index contributed by atoms with van der Waals surface area (Å²) in [6.07, 6.45) is -5.96. The van der Waals surface area contributed by atoms with E-state index in [-0.39, 0.29) is 0 Å². The Morgan fingerprint density at radius 1 is 1.35 bits per heavy atom. The SMILES string of the molecule is Cn1nc(C(F)(F)C(F)(F)F)c(N([O-])O)c1Cl. The number of alkyl halides is 5. The maximum Gasteiger partial charge on any atom is 0.459 e. The number of hydrogen-bond acceptors (Lipinski definition) is 4. The van der Waals surface area contributed by atoms with Crippen LogP contribution in [0.2, 0.25) is 5.15 Å². The molecule has 0 atom stereocenters. The molecule has 0 bridgehead atoms. The lowest BCUT2D eigenvalue weighted by Crippen LogP contribution is -2.35. The molecule has 0 fully saturated rings. The quantitative estimate of drug-likeness (QED) is 0.667. The highest BCUT2D eigenvalue weighted by Gasteiger charge is 2.62. The molecule has 0 aliphatic heterocycles. The highest BCUT2D eigenvalue weighted by atomic mass is 35.5. The van der Waals surface area contributed by atoms with Gasteiger partial charge in [-0.25, -0.2) is 0 Å². The summed E-state index contributed by atoms with van der Waals surface area (Å²) in [7, 11) is 0.936. The number of halogens is 6. The number of anilines is 1. The molecule has 1 aromatic heterocycles. The molecule has 0 amide bonds. The van der Waals surface area contributed by atoms with Gasteiger partial charge in [0, 0.05) is 7.05 Å². The molecule has 5 nitrogen and oxygen atoms in total. The van der Waals surface area contributed by atoms with E-state index in [1.54, 1.807) is 0 Å². The first-order valence-corrected chi connectivity index (χ1v) is 4.21. The van der Waals surface area contributed by atoms with Gasteiger partial charge in [-0.1, -0.05) is 11.6 Å². The molecule has 1 rings (SSSR count). The fraction of sp³-hybridized carbons (Fsp3) is 0.500. The zero-order valence-corrected chi connectivity index (χ0v) is 8.72. The Morgan fingerprint density at radius 3 is 2.18 bits per heavy atom. The number of aromatic nitrogens is 2. The zero-order chi connectivity index (χ0) is 13.6. The van der Waals surface area contributed by atoms with Gasteiger partial charge in [0.25, 0.3) is 0 Å². The molecule has 98 valence electrons. The van der Waals surface area contributed by atoms with E-state index >= 15 is 0 Å². The second-order valence-corrected chi connectivity index (χ2v) is 3.31. The van der Waals surface area contributed by atoms with Gasteiger partial charge in [0.15, 0.2) is 10.8 Å². The summed E-state index contributed by atoms with van der Waals surface area (Å²) in [6, 6.07) is 0. The first kappa shape index (κ1) is 13.9. The van der Waals surface area contributed by atoms with Gasteiger partial charge in [0.2, 0.25) is 0 Å². The number of hydrogen-bond donors (Lipinski definition) is 1. The van der Waals surface area contributed by atoms with Crippen molar-refractivity contribution in [3.05, 3.63) is 16.1 Å². The first-order chi connectivity index (χ1) is 7.50. The lowest BCUT2D eigenvalue weighted by atomic mass is 10.2. The van der Waals surface area contributed by atoms with Crippen LogP contribution in [0.15, 0.2) is 0 Å². The average Bonchev–Trinajstić information content (AvgIpc) is 2.41. The van der Waals surface area contributed by atoms with Crippen LogP contribution in [-0.2, 0) is 13.0 Å². The van der Waals surface area contributed by atoms with Gasteiger partial charge in [-0.15, -0.1) is 0 Å². The Balaban J connectivity index is 3.47. The van der Waals surface area contributed by atoms with Crippen molar-refractivity contribution in [2.24, 2.45) is 7.05 Å². The molecule has 17 heavy (non-hydrogen) atoms. The highest BCUT2D eigenvalue weighted by Crippen LogP contribution is 2.47. The molecule has 0 aliphatic carbocycles. The van der Waals surface area contributed by atoms with Crippen LogP contribution in [-0.4, -0.2) is 21.2 Å². The fourth-order valence-electron chi connectivity index (χ4n) is 1.01. The average molecular weight is 281 g/mol. The molecule has 0 aliphatic rings. The van der Waals surface area contributed by atoms with E-state index in [1.165, 1.54) is 0 Å². The minimum absolute atomic E-state index is 0.410. The van der Waals surface area contributed by atoms with Gasteiger partial charge in [0.05, 0.1) is 0 Å². The van der Waals surface area contributed by atoms with Crippen molar-refractivity contribution in [2.45, 2.75) is 12.1 Å². The minimum Gasteiger partial charge on any atom is -0.733 e. The van der Waals surface area contributed by atoms with Gasteiger partial charge >= 0.3 is 12.1 Å². The highest BCUT2D eigenvalue weighted by molar-refractivity contribution is 6.32. The molecular formula is C6H4ClF5N3O2-. The first-order valence-electron chi connectivity index (χ1n) is 3.83. The zero-order valence-electron chi connectivity index (χ0n) is 7.96. The smallest absolute Gasteiger partial charge is 0.459 e. The van der Waals surface area contributed by atoms with Crippen LogP contribution in [0.25, 0.3) is 0 Å². The van der Waals surface area contributed by atoms with E-state index in [0.29, 0.717) is 4.68 Å². The molecular weight excluding hydrogens is 277 g/mol. The van der Waals surface area contributed by atoms with Gasteiger partial charge in [-0.2, -0.15) is 27.1 Å². The molecule has 0 aromatic carbocycles. The van der Waals surface area contributed by atoms with E-state index < -0.39 is 33.9 Å². The third kappa shape index (κ3) is 2.15. The summed E-state index contributed by atoms with van der Waals surface area (Å²) in [4.78, 5) is 0. The van der Waals surface area contributed by atoms with Crippen LogP contribution in [0.1, 0.15) is 5.69 Å². The molecule has 0 saturated carbocycles. The van der Waals surface area contributed by atoms with Crippen molar-refractivity contribution >= 4 is 17.3 Å². The lowest BCUT2D eigenvalue weighted by molar-refractivity contribution is -0.290. The Hall–Kier alpha value is -1.13. The van der Waals surface area contributed by atoms with Crippen LogP contribution in [0.3, 0.4) is 0 Å². The maximum atomic E-state index is 12.9. The summed E-state index contributed by atoms with van der Waals surface area (Å²) in [5.41, 5.74) is -3.41. The monoisotopic (exact) mass is 280 g/mol. The standard InChI is InChI=1S/C6H4ClF5N3O2/c1-14-4(7)2(15(16)17)3(13-14)5(8,9)6(10,11)12/h16H,1H3/q-1. The third-order valence-corrected chi connectivity index (χ3v) is 2.22. The van der Waals surface area contributed by atoms with Crippen LogP contribution in [0, 0.1) is 5.21 Å². The molecule has 0 radical (unpaired) electrons. The molecule has 1 aromatic rings. The van der Waals surface area contributed by atoms with Crippen LogP contribution < -0.4 is 5.23 Å². The van der Waals surface area contributed by atoms with Gasteiger partial charge in [-0.3, -0.25) is 9.89 Å². The second-order valence-electron chi connectivity index (χ2n) is 2.96. The number of rotatable bonds is 2. The second kappa shape index (κ2) is 3.96. The molecule has 0 spiro atoms. The van der Waals surface area contributed by atoms with E-state index in [2.05, 4.69) is 5.10 Å². The van der Waals surface area contributed by atoms with Crippen LogP contribution in [0.4, 0.5) is 27.6 Å². The van der Waals surface area contributed by atoms with Gasteiger partial charge in [0.1, 0.15) is 5.69 Å². The Kier molecular flexibility index (Phi) is 3.25. The van der Waals surface area contributed by atoms with Gasteiger partial charge < -0.3 is 10.4 Å². The van der Waals surface area contributed by atoms with Crippen LogP contribution in [0.5, 0.6) is 0 Å². The molecule has 0 saturated heterocycles. The maximum absolute atomic E-state index is 12.9. The van der Waals surface area contributed by atoms with Crippen molar-refractivity contribution < 1.29 is 27.2 Å². The molecule has 11 heteroatoms. The normalized spacial score (nSPS) is 13.0. The largest absolute Gasteiger partial charge is 0.733 e. The van der Waals surface area contributed by atoms with E-state index in [4.69, 9.17) is 16.8 Å². The Labute approximate surface area is 95.5 Å². The van der Waals surface area contributed by atoms with E-state index in [9.17, 15) is 27.2 Å². The van der Waals surface area contributed by atoms with E-state index in [1.807, 2.05) is 0 Å². The summed E-state index contributed by atoms with van der Waals surface area (Å²) < 4.78 is 62.5. The summed E-state index contributed by atoms with van der Waals surface area (Å²) >= 11 is 5.26. The van der Waals surface area contributed by atoms with Crippen molar-refractivity contribution in [2.75, 3.05) is 5.23 Å². The summed E-state index contributed by atoms with van der Waals surface area (Å²) in [6.45, 7) is 0. The predicted octanol–water partition coefficient (Wildman–Crippen LogP) is 2.42. The minimum atomic E-state index is -5.96. The van der Waals surface area contributed by atoms with Crippen LogP contribution >= 0.6 is 11.6 Å². The van der Waals surface area contributed by atoms with Crippen molar-refractivity contribution in [3.63, 3.8) is 0 Å². The summed E-state index contributed by atoms with van der Waals surface area (Å²) in [5, 5.41) is 19.7. The van der Waals surface area contributed by atoms with Crippen molar-refractivity contribution in [1.82, 2.24) is 9.78 Å². The Morgan fingerprint density at radius 2 is 1.82 bits per heavy atom. The lowest BCUT2D eigenvalue weighted by Gasteiger charge is -2.25. The Bertz CT molecular complexity index is 430. The fourth-order valence-corrected chi connectivity index (χ4v) is 1.21. The van der Waals surface area contributed by atoms with Crippen molar-refractivity contribution in [3.8, 4) is 0 Å². The molecule has 0 unspecified atom stereocenters. The van der Waals surface area contributed by atoms with Gasteiger partial charge in [-0.05, 0) is 0 Å². The molecule has 1 heterocycles.